The summed E-state index contributed by atoms with van der Waals surface area (Å²) in [6, 6.07) is 5.14. The molecule has 0 atom stereocenters. The maximum Gasteiger partial charge on any atom is 0.354 e. The molecular formula is C12H18N2O3. The van der Waals surface area contributed by atoms with Crippen LogP contribution in [0.15, 0.2) is 18.2 Å². The predicted molar refractivity (Wildman–Crippen MR) is 65.4 cm³/mol. The Hall–Kier alpha value is -1.62. The van der Waals surface area contributed by atoms with Gasteiger partial charge < -0.3 is 15.1 Å². The second-order valence-electron chi connectivity index (χ2n) is 4.05. The van der Waals surface area contributed by atoms with Crippen LogP contribution in [0.1, 0.15) is 30.8 Å². The smallest absolute Gasteiger partial charge is 0.354 e. The standard InChI is InChI=1S/C12H18N2O3/c1-9(2)14(7-4-8-15)11-6-3-5-10(13-11)12(16)17/h3,5-6,9,15H,4,7-8H2,1-2H3,(H,16,17). The minimum atomic E-state index is -1.03. The number of hydrogen-bond acceptors (Lipinski definition) is 4. The number of aliphatic hydroxyl groups is 1. The van der Waals surface area contributed by atoms with E-state index in [-0.39, 0.29) is 18.3 Å². The summed E-state index contributed by atoms with van der Waals surface area (Å²) < 4.78 is 0. The van der Waals surface area contributed by atoms with Crippen LogP contribution in [0.2, 0.25) is 0 Å². The molecule has 5 heteroatoms. The number of anilines is 1. The molecule has 0 fully saturated rings. The van der Waals surface area contributed by atoms with Crippen LogP contribution in [-0.4, -0.2) is 40.4 Å². The molecule has 5 nitrogen and oxygen atoms in total. The minimum Gasteiger partial charge on any atom is -0.477 e. The van der Waals surface area contributed by atoms with E-state index in [2.05, 4.69) is 4.98 Å². The molecule has 0 bridgehead atoms. The Bertz CT molecular complexity index is 380. The van der Waals surface area contributed by atoms with E-state index < -0.39 is 5.97 Å². The molecule has 0 saturated carbocycles. The largest absolute Gasteiger partial charge is 0.477 e. The Labute approximate surface area is 101 Å². The van der Waals surface area contributed by atoms with Gasteiger partial charge in [0.05, 0.1) is 0 Å². The topological polar surface area (TPSA) is 73.7 Å². The molecule has 0 unspecified atom stereocenters. The molecule has 1 heterocycles. The molecule has 94 valence electrons. The van der Waals surface area contributed by atoms with Crippen LogP contribution >= 0.6 is 0 Å². The highest BCUT2D eigenvalue weighted by Crippen LogP contribution is 2.15. The molecule has 1 aromatic rings. The van der Waals surface area contributed by atoms with Crippen LogP contribution in [0.3, 0.4) is 0 Å². The molecule has 17 heavy (non-hydrogen) atoms. The first-order chi connectivity index (χ1) is 8.06. The molecule has 0 aliphatic heterocycles. The number of aromatic nitrogens is 1. The average molecular weight is 238 g/mol. The van der Waals surface area contributed by atoms with Crippen molar-refractivity contribution in [3.05, 3.63) is 23.9 Å². The fourth-order valence-electron chi connectivity index (χ4n) is 1.58. The fourth-order valence-corrected chi connectivity index (χ4v) is 1.58. The van der Waals surface area contributed by atoms with E-state index in [1.807, 2.05) is 18.7 Å². The van der Waals surface area contributed by atoms with Gasteiger partial charge in [-0.1, -0.05) is 6.07 Å². The lowest BCUT2D eigenvalue weighted by Crippen LogP contribution is -2.33. The maximum absolute atomic E-state index is 10.8. The number of carbonyl (C=O) groups is 1. The highest BCUT2D eigenvalue weighted by atomic mass is 16.4. The van der Waals surface area contributed by atoms with Crippen LogP contribution in [-0.2, 0) is 0 Å². The SMILES string of the molecule is CC(C)N(CCCO)c1cccc(C(=O)O)n1. The molecular weight excluding hydrogens is 220 g/mol. The lowest BCUT2D eigenvalue weighted by molar-refractivity contribution is 0.0690. The van der Waals surface area contributed by atoms with Crippen LogP contribution in [0.5, 0.6) is 0 Å². The van der Waals surface area contributed by atoms with Crippen molar-refractivity contribution >= 4 is 11.8 Å². The molecule has 1 aromatic heterocycles. The van der Waals surface area contributed by atoms with Crippen molar-refractivity contribution in [3.8, 4) is 0 Å². The second-order valence-corrected chi connectivity index (χ2v) is 4.05. The number of nitrogens with zero attached hydrogens (tertiary/aromatic N) is 2. The van der Waals surface area contributed by atoms with Crippen LogP contribution in [0, 0.1) is 0 Å². The molecule has 0 aliphatic rings. The van der Waals surface area contributed by atoms with E-state index in [9.17, 15) is 4.79 Å². The summed E-state index contributed by atoms with van der Waals surface area (Å²) in [4.78, 5) is 16.9. The lowest BCUT2D eigenvalue weighted by atomic mass is 10.2. The molecule has 0 amide bonds. The Morgan fingerprint density at radius 1 is 1.47 bits per heavy atom. The monoisotopic (exact) mass is 238 g/mol. The zero-order chi connectivity index (χ0) is 12.8. The Morgan fingerprint density at radius 3 is 2.71 bits per heavy atom. The first-order valence-electron chi connectivity index (χ1n) is 5.64. The third-order valence-electron chi connectivity index (χ3n) is 2.43. The van der Waals surface area contributed by atoms with Crippen molar-refractivity contribution in [2.45, 2.75) is 26.3 Å². The van der Waals surface area contributed by atoms with Gasteiger partial charge in [-0.25, -0.2) is 9.78 Å². The van der Waals surface area contributed by atoms with Crippen molar-refractivity contribution in [2.24, 2.45) is 0 Å². The van der Waals surface area contributed by atoms with E-state index in [1.54, 1.807) is 12.1 Å². The molecule has 0 radical (unpaired) electrons. The summed E-state index contributed by atoms with van der Waals surface area (Å²) in [6.45, 7) is 4.78. The molecule has 2 N–H and O–H groups in total. The first kappa shape index (κ1) is 13.4. The van der Waals surface area contributed by atoms with Gasteiger partial charge in [-0.15, -0.1) is 0 Å². The number of hydrogen-bond donors (Lipinski definition) is 2. The number of carboxylic acid groups (broad SMARTS) is 1. The Kier molecular flexibility index (Phi) is 4.90. The van der Waals surface area contributed by atoms with Gasteiger partial charge in [0.1, 0.15) is 5.82 Å². The van der Waals surface area contributed by atoms with Gasteiger partial charge in [-0.05, 0) is 32.4 Å². The Morgan fingerprint density at radius 2 is 2.18 bits per heavy atom. The molecule has 1 rings (SSSR count). The second kappa shape index (κ2) is 6.20. The van der Waals surface area contributed by atoms with Gasteiger partial charge in [-0.3, -0.25) is 0 Å². The minimum absolute atomic E-state index is 0.0390. The summed E-state index contributed by atoms with van der Waals surface area (Å²) >= 11 is 0. The summed E-state index contributed by atoms with van der Waals surface area (Å²) in [5, 5.41) is 17.7. The van der Waals surface area contributed by atoms with Gasteiger partial charge in [0, 0.05) is 19.2 Å². The van der Waals surface area contributed by atoms with Crippen LogP contribution in [0.4, 0.5) is 5.82 Å². The zero-order valence-electron chi connectivity index (χ0n) is 10.1. The van der Waals surface area contributed by atoms with Gasteiger partial charge in [0.15, 0.2) is 5.69 Å². The normalized spacial score (nSPS) is 10.6. The number of aromatic carboxylic acids is 1. The van der Waals surface area contributed by atoms with Gasteiger partial charge in [-0.2, -0.15) is 0 Å². The molecule has 0 spiro atoms. The van der Waals surface area contributed by atoms with E-state index in [0.29, 0.717) is 18.8 Å². The summed E-state index contributed by atoms with van der Waals surface area (Å²) in [5.74, 6) is -0.397. The van der Waals surface area contributed by atoms with Gasteiger partial charge in [0.25, 0.3) is 0 Å². The number of pyridine rings is 1. The molecule has 0 saturated heterocycles. The maximum atomic E-state index is 10.8. The number of aliphatic hydroxyl groups excluding tert-OH is 1. The third kappa shape index (κ3) is 3.71. The zero-order valence-corrected chi connectivity index (χ0v) is 10.1. The van der Waals surface area contributed by atoms with Gasteiger partial charge in [0.2, 0.25) is 0 Å². The summed E-state index contributed by atoms with van der Waals surface area (Å²) in [7, 11) is 0. The number of rotatable bonds is 6. The number of carboxylic acids is 1. The van der Waals surface area contributed by atoms with Crippen molar-refractivity contribution in [1.82, 2.24) is 4.98 Å². The molecule has 0 aromatic carbocycles. The first-order valence-corrected chi connectivity index (χ1v) is 5.64. The quantitative estimate of drug-likeness (QED) is 0.783. The highest BCUT2D eigenvalue weighted by molar-refractivity contribution is 5.85. The van der Waals surface area contributed by atoms with Crippen molar-refractivity contribution in [1.29, 1.82) is 0 Å². The predicted octanol–water partition coefficient (Wildman–Crippen LogP) is 1.38. The van der Waals surface area contributed by atoms with Crippen molar-refractivity contribution in [2.75, 3.05) is 18.1 Å². The average Bonchev–Trinajstić information content (AvgIpc) is 2.29. The van der Waals surface area contributed by atoms with Gasteiger partial charge >= 0.3 is 5.97 Å². The van der Waals surface area contributed by atoms with E-state index in [4.69, 9.17) is 10.2 Å². The lowest BCUT2D eigenvalue weighted by Gasteiger charge is -2.27. The van der Waals surface area contributed by atoms with Crippen molar-refractivity contribution < 1.29 is 15.0 Å². The highest BCUT2D eigenvalue weighted by Gasteiger charge is 2.13. The van der Waals surface area contributed by atoms with E-state index in [0.717, 1.165) is 0 Å². The summed E-state index contributed by atoms with van der Waals surface area (Å²) in [5.41, 5.74) is 0.0390. The van der Waals surface area contributed by atoms with E-state index in [1.165, 1.54) is 6.07 Å². The van der Waals surface area contributed by atoms with Crippen LogP contribution < -0.4 is 4.90 Å². The third-order valence-corrected chi connectivity index (χ3v) is 2.43. The van der Waals surface area contributed by atoms with Crippen LogP contribution in [0.25, 0.3) is 0 Å². The van der Waals surface area contributed by atoms with Crippen molar-refractivity contribution in [3.63, 3.8) is 0 Å². The van der Waals surface area contributed by atoms with E-state index >= 15 is 0 Å². The Balaban J connectivity index is 2.93. The summed E-state index contributed by atoms with van der Waals surface area (Å²) in [6.07, 6.45) is 0.636. The fraction of sp³-hybridized carbons (Fsp3) is 0.500. The molecule has 0 aliphatic carbocycles.